The molecule has 1 heterocycles. The van der Waals surface area contributed by atoms with Crippen LogP contribution in [0.15, 0.2) is 17.5 Å². The molecule has 15 heavy (non-hydrogen) atoms. The monoisotopic (exact) mass is 226 g/mol. The molecule has 0 fully saturated rings. The van der Waals surface area contributed by atoms with Crippen molar-refractivity contribution in [2.75, 3.05) is 0 Å². The van der Waals surface area contributed by atoms with Gasteiger partial charge in [-0.25, -0.2) is 0 Å². The largest absolute Gasteiger partial charge is 0.350 e. The Bertz CT molecular complexity index is 296. The van der Waals surface area contributed by atoms with Crippen molar-refractivity contribution in [3.05, 3.63) is 22.4 Å². The number of thiophene rings is 1. The molecule has 0 spiro atoms. The van der Waals surface area contributed by atoms with Crippen LogP contribution in [0.1, 0.15) is 25.1 Å². The first-order chi connectivity index (χ1) is 7.09. The molecule has 84 valence electrons. The van der Waals surface area contributed by atoms with E-state index in [1.807, 2.05) is 17.5 Å². The second-order valence-electron chi connectivity index (χ2n) is 4.03. The second kappa shape index (κ2) is 5.88. The number of hydrogen-bond acceptors (Lipinski definition) is 3. The average molecular weight is 226 g/mol. The van der Waals surface area contributed by atoms with Crippen LogP contribution < -0.4 is 11.1 Å². The van der Waals surface area contributed by atoms with E-state index in [4.69, 9.17) is 5.73 Å². The van der Waals surface area contributed by atoms with E-state index in [1.165, 1.54) is 0 Å². The maximum absolute atomic E-state index is 11.5. The summed E-state index contributed by atoms with van der Waals surface area (Å²) in [6.07, 6.45) is 0.732. The predicted molar refractivity (Wildman–Crippen MR) is 63.6 cm³/mol. The molecule has 3 N–H and O–H groups in total. The standard InChI is InChI=1S/C11H18N2OS/c1-8(2)6-10(12)11(14)13-7-9-4-3-5-15-9/h3-5,8,10H,6-7,12H2,1-2H3,(H,13,14)/t10-/m0/s1. The molecule has 0 aliphatic rings. The Hall–Kier alpha value is -0.870. The Morgan fingerprint density at radius 3 is 2.87 bits per heavy atom. The van der Waals surface area contributed by atoms with Gasteiger partial charge in [-0.3, -0.25) is 4.79 Å². The number of nitrogens with one attached hydrogen (secondary N) is 1. The zero-order valence-electron chi connectivity index (χ0n) is 9.19. The summed E-state index contributed by atoms with van der Waals surface area (Å²) >= 11 is 1.63. The fourth-order valence-electron chi connectivity index (χ4n) is 1.33. The Balaban J connectivity index is 2.29. The summed E-state index contributed by atoms with van der Waals surface area (Å²) in [5.74, 6) is 0.393. The highest BCUT2D eigenvalue weighted by molar-refractivity contribution is 7.09. The smallest absolute Gasteiger partial charge is 0.237 e. The van der Waals surface area contributed by atoms with Gasteiger partial charge in [0.2, 0.25) is 5.91 Å². The summed E-state index contributed by atoms with van der Waals surface area (Å²) in [5, 5.41) is 4.83. The van der Waals surface area contributed by atoms with Crippen LogP contribution in [-0.2, 0) is 11.3 Å². The van der Waals surface area contributed by atoms with Gasteiger partial charge in [-0.2, -0.15) is 0 Å². The minimum Gasteiger partial charge on any atom is -0.350 e. The lowest BCUT2D eigenvalue weighted by Gasteiger charge is -2.13. The molecule has 1 atom stereocenters. The van der Waals surface area contributed by atoms with Gasteiger partial charge in [0.15, 0.2) is 0 Å². The third-order valence-corrected chi connectivity index (χ3v) is 2.96. The van der Waals surface area contributed by atoms with Crippen molar-refractivity contribution in [3.8, 4) is 0 Å². The van der Waals surface area contributed by atoms with E-state index in [9.17, 15) is 4.79 Å². The lowest BCUT2D eigenvalue weighted by molar-refractivity contribution is -0.122. The number of carbonyl (C=O) groups is 1. The van der Waals surface area contributed by atoms with Gasteiger partial charge in [0.05, 0.1) is 12.6 Å². The van der Waals surface area contributed by atoms with Crippen molar-refractivity contribution in [1.29, 1.82) is 0 Å². The summed E-state index contributed by atoms with van der Waals surface area (Å²) in [5.41, 5.74) is 5.75. The van der Waals surface area contributed by atoms with Gasteiger partial charge in [-0.05, 0) is 23.8 Å². The van der Waals surface area contributed by atoms with Crippen molar-refractivity contribution < 1.29 is 4.79 Å². The van der Waals surface area contributed by atoms with Crippen molar-refractivity contribution in [1.82, 2.24) is 5.32 Å². The van der Waals surface area contributed by atoms with Gasteiger partial charge in [-0.1, -0.05) is 19.9 Å². The number of carbonyl (C=O) groups excluding carboxylic acids is 1. The third-order valence-electron chi connectivity index (χ3n) is 2.08. The maximum Gasteiger partial charge on any atom is 0.237 e. The van der Waals surface area contributed by atoms with Gasteiger partial charge >= 0.3 is 0 Å². The molecule has 0 bridgehead atoms. The lowest BCUT2D eigenvalue weighted by Crippen LogP contribution is -2.40. The lowest BCUT2D eigenvalue weighted by atomic mass is 10.0. The van der Waals surface area contributed by atoms with E-state index >= 15 is 0 Å². The SMILES string of the molecule is CC(C)C[C@H](N)C(=O)NCc1cccs1. The Morgan fingerprint density at radius 2 is 2.33 bits per heavy atom. The second-order valence-corrected chi connectivity index (χ2v) is 5.07. The Labute approximate surface area is 94.7 Å². The van der Waals surface area contributed by atoms with Gasteiger partial charge in [0.1, 0.15) is 0 Å². The maximum atomic E-state index is 11.5. The van der Waals surface area contributed by atoms with E-state index in [0.717, 1.165) is 11.3 Å². The molecule has 0 saturated heterocycles. The normalized spacial score (nSPS) is 12.8. The number of nitrogens with two attached hydrogens (primary N) is 1. The zero-order chi connectivity index (χ0) is 11.3. The van der Waals surface area contributed by atoms with Crippen LogP contribution in [0.4, 0.5) is 0 Å². The summed E-state index contributed by atoms with van der Waals surface area (Å²) in [6.45, 7) is 4.71. The molecule has 0 unspecified atom stereocenters. The molecule has 1 aromatic heterocycles. The van der Waals surface area contributed by atoms with Crippen molar-refractivity contribution in [2.24, 2.45) is 11.7 Å². The molecule has 3 nitrogen and oxygen atoms in total. The predicted octanol–water partition coefficient (Wildman–Crippen LogP) is 1.74. The molecule has 0 aliphatic heterocycles. The van der Waals surface area contributed by atoms with Crippen molar-refractivity contribution >= 4 is 17.2 Å². The molecule has 1 amide bonds. The summed E-state index contributed by atoms with van der Waals surface area (Å²) < 4.78 is 0. The van der Waals surface area contributed by atoms with E-state index < -0.39 is 0 Å². The zero-order valence-corrected chi connectivity index (χ0v) is 10.0. The van der Waals surface area contributed by atoms with Crippen LogP contribution in [-0.4, -0.2) is 11.9 Å². The Morgan fingerprint density at radius 1 is 1.60 bits per heavy atom. The first kappa shape index (κ1) is 12.2. The number of hydrogen-bond donors (Lipinski definition) is 2. The molecular formula is C11H18N2OS. The topological polar surface area (TPSA) is 55.1 Å². The highest BCUT2D eigenvalue weighted by Crippen LogP contribution is 2.08. The number of amides is 1. The van der Waals surface area contributed by atoms with E-state index in [2.05, 4.69) is 19.2 Å². The van der Waals surface area contributed by atoms with Crippen LogP contribution in [0.2, 0.25) is 0 Å². The van der Waals surface area contributed by atoms with Crippen molar-refractivity contribution in [2.45, 2.75) is 32.9 Å². The third kappa shape index (κ3) is 4.44. The summed E-state index contributed by atoms with van der Waals surface area (Å²) in [6, 6.07) is 3.59. The molecule has 0 aromatic carbocycles. The first-order valence-corrected chi connectivity index (χ1v) is 6.03. The quantitative estimate of drug-likeness (QED) is 0.803. The molecule has 1 rings (SSSR count). The van der Waals surface area contributed by atoms with Gasteiger partial charge < -0.3 is 11.1 Å². The minimum absolute atomic E-state index is 0.0582. The van der Waals surface area contributed by atoms with Crippen LogP contribution in [0.25, 0.3) is 0 Å². The van der Waals surface area contributed by atoms with Gasteiger partial charge in [-0.15, -0.1) is 11.3 Å². The minimum atomic E-state index is -0.384. The molecule has 0 radical (unpaired) electrons. The Kier molecular flexibility index (Phi) is 4.78. The molecule has 4 heteroatoms. The molecule has 0 aliphatic carbocycles. The highest BCUT2D eigenvalue weighted by atomic mass is 32.1. The van der Waals surface area contributed by atoms with Crippen LogP contribution in [0, 0.1) is 5.92 Å². The molecular weight excluding hydrogens is 208 g/mol. The molecule has 0 saturated carbocycles. The van der Waals surface area contributed by atoms with E-state index in [-0.39, 0.29) is 11.9 Å². The summed E-state index contributed by atoms with van der Waals surface area (Å²) in [7, 11) is 0. The fraction of sp³-hybridized carbons (Fsp3) is 0.545. The van der Waals surface area contributed by atoms with E-state index in [1.54, 1.807) is 11.3 Å². The van der Waals surface area contributed by atoms with Crippen LogP contribution in [0.5, 0.6) is 0 Å². The van der Waals surface area contributed by atoms with E-state index in [0.29, 0.717) is 12.5 Å². The fourth-order valence-corrected chi connectivity index (χ4v) is 1.98. The van der Waals surface area contributed by atoms with Crippen molar-refractivity contribution in [3.63, 3.8) is 0 Å². The van der Waals surface area contributed by atoms with Gasteiger partial charge in [0.25, 0.3) is 0 Å². The van der Waals surface area contributed by atoms with Crippen LogP contribution >= 0.6 is 11.3 Å². The molecule has 1 aromatic rings. The van der Waals surface area contributed by atoms with Crippen LogP contribution in [0.3, 0.4) is 0 Å². The highest BCUT2D eigenvalue weighted by Gasteiger charge is 2.14. The summed E-state index contributed by atoms with van der Waals surface area (Å²) in [4.78, 5) is 12.7. The first-order valence-electron chi connectivity index (χ1n) is 5.15. The number of rotatable bonds is 5. The average Bonchev–Trinajstić information content (AvgIpc) is 2.65. The van der Waals surface area contributed by atoms with Gasteiger partial charge in [0, 0.05) is 4.88 Å².